The zero-order valence-electron chi connectivity index (χ0n) is 16.0. The van der Waals surface area contributed by atoms with E-state index in [0.717, 1.165) is 75.4 Å². The van der Waals surface area contributed by atoms with Gasteiger partial charge in [-0.1, -0.05) is 26.2 Å². The highest BCUT2D eigenvalue weighted by Gasteiger charge is 2.27. The van der Waals surface area contributed by atoms with Crippen LogP contribution in [0.1, 0.15) is 66.9 Å². The van der Waals surface area contributed by atoms with Gasteiger partial charge in [0.05, 0.1) is 6.61 Å². The molecule has 2 aromatic rings. The van der Waals surface area contributed by atoms with Crippen LogP contribution in [0.25, 0.3) is 11.0 Å². The van der Waals surface area contributed by atoms with Gasteiger partial charge in [-0.05, 0) is 49.8 Å². The number of nitrogens with zero attached hydrogens (tertiary/aromatic N) is 1. The lowest BCUT2D eigenvalue weighted by atomic mass is 9.90. The molecule has 0 radical (unpaired) electrons. The molecular formula is C22H27NO4. The van der Waals surface area contributed by atoms with Gasteiger partial charge in [0.15, 0.2) is 0 Å². The molecule has 144 valence electrons. The van der Waals surface area contributed by atoms with Gasteiger partial charge in [-0.2, -0.15) is 0 Å². The van der Waals surface area contributed by atoms with Gasteiger partial charge < -0.3 is 14.1 Å². The van der Waals surface area contributed by atoms with Gasteiger partial charge in [-0.15, -0.1) is 0 Å². The van der Waals surface area contributed by atoms with Crippen LogP contribution in [0.4, 0.5) is 5.69 Å². The van der Waals surface area contributed by atoms with Crippen LogP contribution in [0, 0.1) is 0 Å². The third-order valence-corrected chi connectivity index (χ3v) is 5.67. The van der Waals surface area contributed by atoms with Crippen LogP contribution in [-0.2, 0) is 17.6 Å². The maximum absolute atomic E-state index is 12.5. The van der Waals surface area contributed by atoms with Crippen LogP contribution in [-0.4, -0.2) is 25.7 Å². The molecule has 0 unspecified atom stereocenters. The molecule has 0 fully saturated rings. The van der Waals surface area contributed by atoms with E-state index in [1.165, 1.54) is 11.3 Å². The summed E-state index contributed by atoms with van der Waals surface area (Å²) in [5, 5.41) is 0.838. The van der Waals surface area contributed by atoms with E-state index in [1.807, 2.05) is 0 Å². The fourth-order valence-electron chi connectivity index (χ4n) is 4.36. The van der Waals surface area contributed by atoms with Crippen molar-refractivity contribution in [3.63, 3.8) is 0 Å². The molecule has 1 aromatic heterocycles. The summed E-state index contributed by atoms with van der Waals surface area (Å²) in [5.41, 5.74) is 3.75. The largest absolute Gasteiger partial charge is 0.462 e. The Bertz CT molecular complexity index is 913. The molecule has 2 aliphatic heterocycles. The van der Waals surface area contributed by atoms with Crippen molar-refractivity contribution >= 4 is 22.6 Å². The zero-order chi connectivity index (χ0) is 18.8. The summed E-state index contributed by atoms with van der Waals surface area (Å²) < 4.78 is 10.9. The Hall–Kier alpha value is -2.30. The number of unbranched alkanes of at least 4 members (excludes halogenated alkanes) is 3. The first-order valence-electron chi connectivity index (χ1n) is 10.2. The molecule has 0 bridgehead atoms. The third kappa shape index (κ3) is 3.47. The molecule has 4 rings (SSSR count). The van der Waals surface area contributed by atoms with E-state index in [9.17, 15) is 9.59 Å². The zero-order valence-corrected chi connectivity index (χ0v) is 16.0. The van der Waals surface area contributed by atoms with E-state index in [1.54, 1.807) is 6.07 Å². The fraction of sp³-hybridized carbons (Fsp3) is 0.545. The Morgan fingerprint density at radius 2 is 1.96 bits per heavy atom. The number of carbonyl (C=O) groups is 1. The van der Waals surface area contributed by atoms with Gasteiger partial charge in [-0.25, -0.2) is 9.59 Å². The van der Waals surface area contributed by atoms with Gasteiger partial charge in [0, 0.05) is 29.7 Å². The van der Waals surface area contributed by atoms with Gasteiger partial charge in [-0.3, -0.25) is 0 Å². The molecule has 0 saturated heterocycles. The molecule has 5 nitrogen and oxygen atoms in total. The second-order valence-corrected chi connectivity index (χ2v) is 7.62. The number of anilines is 1. The van der Waals surface area contributed by atoms with Crippen molar-refractivity contribution in [2.24, 2.45) is 0 Å². The number of hydrogen-bond acceptors (Lipinski definition) is 5. The van der Waals surface area contributed by atoms with Crippen LogP contribution in [0.3, 0.4) is 0 Å². The lowest BCUT2D eigenvalue weighted by molar-refractivity contribution is 0.0493. The number of ether oxygens (including phenoxy) is 1. The predicted octanol–water partition coefficient (Wildman–Crippen LogP) is 4.23. The summed E-state index contributed by atoms with van der Waals surface area (Å²) in [4.78, 5) is 27.2. The molecule has 0 atom stereocenters. The van der Waals surface area contributed by atoms with Gasteiger partial charge in [0.25, 0.3) is 0 Å². The minimum atomic E-state index is -0.592. The second-order valence-electron chi connectivity index (χ2n) is 7.62. The number of fused-ring (bicyclic) bond motifs is 2. The Morgan fingerprint density at radius 3 is 2.78 bits per heavy atom. The van der Waals surface area contributed by atoms with Crippen LogP contribution in [0.2, 0.25) is 0 Å². The number of carbonyl (C=O) groups excluding carboxylic acids is 1. The molecule has 0 N–H and O–H groups in total. The molecule has 5 heteroatoms. The normalized spacial score (nSPS) is 15.7. The lowest BCUT2D eigenvalue weighted by Crippen LogP contribution is -2.34. The summed E-state index contributed by atoms with van der Waals surface area (Å²) in [7, 11) is 0. The van der Waals surface area contributed by atoms with Crippen molar-refractivity contribution < 1.29 is 13.9 Å². The Kier molecular flexibility index (Phi) is 5.19. The quantitative estimate of drug-likeness (QED) is 0.433. The van der Waals surface area contributed by atoms with Crippen molar-refractivity contribution in [1.29, 1.82) is 0 Å². The van der Waals surface area contributed by atoms with Gasteiger partial charge in [0.1, 0.15) is 11.1 Å². The Morgan fingerprint density at radius 1 is 1.15 bits per heavy atom. The highest BCUT2D eigenvalue weighted by molar-refractivity contribution is 5.95. The predicted molar refractivity (Wildman–Crippen MR) is 106 cm³/mol. The SMILES string of the molecule is CCCCCCOC(=O)c1cc2cc3c4c(c2oc1=O)CCCN4CCC3. The first-order valence-corrected chi connectivity index (χ1v) is 10.2. The average Bonchev–Trinajstić information content (AvgIpc) is 2.68. The highest BCUT2D eigenvalue weighted by atomic mass is 16.5. The molecular weight excluding hydrogens is 342 g/mol. The molecule has 1 aromatic carbocycles. The standard InChI is InChI=1S/C22H27NO4/c1-2-3-4-5-12-26-21(24)18-14-16-13-15-8-6-10-23-11-7-9-17(19(15)23)20(16)27-22(18)25/h13-14H,2-12H2,1H3. The van der Waals surface area contributed by atoms with E-state index < -0.39 is 11.6 Å². The molecule has 27 heavy (non-hydrogen) atoms. The van der Waals surface area contributed by atoms with Crippen molar-refractivity contribution in [2.75, 3.05) is 24.6 Å². The molecule has 0 aliphatic carbocycles. The number of hydrogen-bond donors (Lipinski definition) is 0. The summed E-state index contributed by atoms with van der Waals surface area (Å²) in [6.45, 7) is 4.62. The summed E-state index contributed by atoms with van der Waals surface area (Å²) in [5.74, 6) is -0.574. The van der Waals surface area contributed by atoms with Crippen LogP contribution in [0.15, 0.2) is 21.3 Å². The molecule has 3 heterocycles. The van der Waals surface area contributed by atoms with Crippen molar-refractivity contribution in [1.82, 2.24) is 0 Å². The van der Waals surface area contributed by atoms with E-state index >= 15 is 0 Å². The topological polar surface area (TPSA) is 59.8 Å². The summed E-state index contributed by atoms with van der Waals surface area (Å²) in [6, 6.07) is 3.76. The molecule has 0 saturated carbocycles. The van der Waals surface area contributed by atoms with E-state index in [-0.39, 0.29) is 5.56 Å². The van der Waals surface area contributed by atoms with Crippen LogP contribution < -0.4 is 10.5 Å². The maximum atomic E-state index is 12.5. The summed E-state index contributed by atoms with van der Waals surface area (Å²) >= 11 is 0. The number of benzene rings is 1. The van der Waals surface area contributed by atoms with E-state index in [4.69, 9.17) is 9.15 Å². The van der Waals surface area contributed by atoms with Crippen molar-refractivity contribution in [3.05, 3.63) is 39.2 Å². The lowest BCUT2D eigenvalue weighted by Gasteiger charge is -2.37. The van der Waals surface area contributed by atoms with Gasteiger partial charge in [0.2, 0.25) is 0 Å². The Balaban J connectivity index is 1.65. The first-order chi connectivity index (χ1) is 13.2. The third-order valence-electron chi connectivity index (χ3n) is 5.67. The monoisotopic (exact) mass is 369 g/mol. The minimum Gasteiger partial charge on any atom is -0.462 e. The smallest absolute Gasteiger partial charge is 0.351 e. The number of esters is 1. The Labute approximate surface area is 159 Å². The number of aryl methyl sites for hydroxylation is 2. The summed E-state index contributed by atoms with van der Waals surface area (Å²) in [6.07, 6.45) is 8.27. The fourth-order valence-corrected chi connectivity index (χ4v) is 4.36. The first kappa shape index (κ1) is 18.1. The molecule has 0 spiro atoms. The van der Waals surface area contributed by atoms with E-state index in [0.29, 0.717) is 12.2 Å². The van der Waals surface area contributed by atoms with Gasteiger partial charge >= 0.3 is 11.6 Å². The highest BCUT2D eigenvalue weighted by Crippen LogP contribution is 2.39. The van der Waals surface area contributed by atoms with E-state index in [2.05, 4.69) is 17.9 Å². The minimum absolute atomic E-state index is 0.00798. The average molecular weight is 369 g/mol. The second kappa shape index (κ2) is 7.75. The van der Waals surface area contributed by atoms with Crippen LogP contribution >= 0.6 is 0 Å². The number of rotatable bonds is 6. The maximum Gasteiger partial charge on any atom is 0.351 e. The van der Waals surface area contributed by atoms with Crippen molar-refractivity contribution in [2.45, 2.75) is 58.3 Å². The van der Waals surface area contributed by atoms with Crippen LogP contribution in [0.5, 0.6) is 0 Å². The van der Waals surface area contributed by atoms with Crippen molar-refractivity contribution in [3.8, 4) is 0 Å². The molecule has 0 amide bonds. The molecule has 2 aliphatic rings.